The van der Waals surface area contributed by atoms with Crippen LogP contribution >= 0.6 is 11.3 Å². The fourth-order valence-electron chi connectivity index (χ4n) is 4.39. The second kappa shape index (κ2) is 11.4. The molecule has 3 aromatic rings. The highest BCUT2D eigenvalue weighted by atomic mass is 32.2. The van der Waals surface area contributed by atoms with Gasteiger partial charge in [0.05, 0.1) is 42.2 Å². The second-order valence-electron chi connectivity index (χ2n) is 10.1. The van der Waals surface area contributed by atoms with E-state index in [-0.39, 0.29) is 24.2 Å². The first-order valence-corrected chi connectivity index (χ1v) is 15.4. The molecule has 0 bridgehead atoms. The second-order valence-corrected chi connectivity index (χ2v) is 13.4. The minimum Gasteiger partial charge on any atom is -0.384 e. The van der Waals surface area contributed by atoms with E-state index >= 15 is 0 Å². The molecule has 2 aromatic carbocycles. The van der Waals surface area contributed by atoms with E-state index in [0.29, 0.717) is 15.8 Å². The number of hydrogen-bond acceptors (Lipinski definition) is 8. The summed E-state index contributed by atoms with van der Waals surface area (Å²) in [6.45, 7) is -1.64. The molecule has 2 aliphatic rings. The number of fused-ring (bicyclic) bond motifs is 1. The molecule has 14 heteroatoms. The summed E-state index contributed by atoms with van der Waals surface area (Å²) in [6.07, 6.45) is 1.76. The molecular formula is C27H28F2N4O6S2. The quantitative estimate of drug-likeness (QED) is 0.343. The van der Waals surface area contributed by atoms with E-state index in [4.69, 9.17) is 4.74 Å². The van der Waals surface area contributed by atoms with Crippen LogP contribution in [-0.4, -0.2) is 87.1 Å². The number of aromatic nitrogens is 1. The van der Waals surface area contributed by atoms with Crippen molar-refractivity contribution in [3.05, 3.63) is 53.0 Å². The van der Waals surface area contributed by atoms with Crippen molar-refractivity contribution in [2.24, 2.45) is 0 Å². The van der Waals surface area contributed by atoms with Crippen LogP contribution in [0.25, 0.3) is 21.3 Å². The zero-order valence-corrected chi connectivity index (χ0v) is 23.7. The number of alkyl halides is 2. The number of benzene rings is 2. The van der Waals surface area contributed by atoms with Gasteiger partial charge in [0.2, 0.25) is 11.8 Å². The third-order valence-electron chi connectivity index (χ3n) is 6.76. The summed E-state index contributed by atoms with van der Waals surface area (Å²) >= 11 is 1.06. The highest BCUT2D eigenvalue weighted by molar-refractivity contribution is 7.92. The molecule has 2 N–H and O–H groups in total. The number of sulfone groups is 1. The van der Waals surface area contributed by atoms with Crippen LogP contribution in [0.5, 0.6) is 0 Å². The fourth-order valence-corrected chi connectivity index (χ4v) is 7.37. The van der Waals surface area contributed by atoms with Gasteiger partial charge in [-0.1, -0.05) is 18.2 Å². The maximum atomic E-state index is 13.2. The minimum absolute atomic E-state index is 0.0700. The van der Waals surface area contributed by atoms with E-state index in [1.54, 1.807) is 42.5 Å². The van der Waals surface area contributed by atoms with Crippen molar-refractivity contribution in [1.82, 2.24) is 20.5 Å². The van der Waals surface area contributed by atoms with Gasteiger partial charge in [0.25, 0.3) is 11.8 Å². The topological polar surface area (TPSA) is 135 Å². The largest absolute Gasteiger partial charge is 0.384 e. The molecule has 41 heavy (non-hydrogen) atoms. The molecule has 1 aliphatic heterocycles. The Morgan fingerprint density at radius 1 is 1.12 bits per heavy atom. The number of carbonyl (C=O) groups is 3. The summed E-state index contributed by atoms with van der Waals surface area (Å²) < 4.78 is 58.2. The van der Waals surface area contributed by atoms with Crippen LogP contribution in [0, 0.1) is 0 Å². The summed E-state index contributed by atoms with van der Waals surface area (Å²) in [5.74, 6) is -4.94. The van der Waals surface area contributed by atoms with E-state index in [1.165, 1.54) is 7.11 Å². The number of carbonyl (C=O) groups excluding carboxylic acids is 3. The van der Waals surface area contributed by atoms with Gasteiger partial charge in [-0.25, -0.2) is 22.2 Å². The molecule has 0 spiro atoms. The molecule has 1 saturated carbocycles. The first-order chi connectivity index (χ1) is 19.5. The Morgan fingerprint density at radius 2 is 1.80 bits per heavy atom. The van der Waals surface area contributed by atoms with E-state index in [2.05, 4.69) is 15.6 Å². The van der Waals surface area contributed by atoms with Gasteiger partial charge in [0, 0.05) is 18.7 Å². The molecule has 0 radical (unpaired) electrons. The molecule has 1 atom stereocenters. The van der Waals surface area contributed by atoms with Crippen LogP contribution in [0.1, 0.15) is 33.5 Å². The number of ether oxygens (including phenoxy) is 1. The average molecular weight is 607 g/mol. The van der Waals surface area contributed by atoms with Crippen LogP contribution in [-0.2, 0) is 24.2 Å². The molecule has 1 saturated heterocycles. The Morgan fingerprint density at radius 3 is 2.44 bits per heavy atom. The maximum absolute atomic E-state index is 13.2. The number of hydrogen-bond donors (Lipinski definition) is 2. The van der Waals surface area contributed by atoms with Gasteiger partial charge in [0.15, 0.2) is 15.1 Å². The molecule has 1 aromatic heterocycles. The zero-order valence-electron chi connectivity index (χ0n) is 22.1. The summed E-state index contributed by atoms with van der Waals surface area (Å²) in [7, 11) is -2.67. The van der Waals surface area contributed by atoms with Crippen LogP contribution < -0.4 is 10.6 Å². The van der Waals surface area contributed by atoms with Gasteiger partial charge < -0.3 is 20.3 Å². The molecule has 2 fully saturated rings. The van der Waals surface area contributed by atoms with Gasteiger partial charge in [-0.3, -0.25) is 14.4 Å². The Bertz CT molecular complexity index is 1580. The Hall–Kier alpha value is -3.49. The molecule has 10 nitrogen and oxygen atoms in total. The predicted molar refractivity (Wildman–Crippen MR) is 148 cm³/mol. The van der Waals surface area contributed by atoms with Gasteiger partial charge in [-0.05, 0) is 48.2 Å². The smallest absolute Gasteiger partial charge is 0.282 e. The lowest BCUT2D eigenvalue weighted by atomic mass is 10.0. The highest BCUT2D eigenvalue weighted by Crippen LogP contribution is 2.34. The fraction of sp³-hybridized carbons (Fsp3) is 0.407. The number of nitrogens with zero attached hydrogens (tertiary/aromatic N) is 2. The third kappa shape index (κ3) is 6.71. The van der Waals surface area contributed by atoms with E-state index in [0.717, 1.165) is 40.2 Å². The van der Waals surface area contributed by atoms with Crippen molar-refractivity contribution in [2.45, 2.75) is 30.1 Å². The van der Waals surface area contributed by atoms with Gasteiger partial charge >= 0.3 is 0 Å². The van der Waals surface area contributed by atoms with Crippen molar-refractivity contribution in [1.29, 1.82) is 0 Å². The molecule has 5 rings (SSSR count). The molecule has 218 valence electrons. The number of likely N-dealkylation sites (tertiary alicyclic amines) is 1. The zero-order chi connectivity index (χ0) is 29.4. The van der Waals surface area contributed by atoms with E-state index < -0.39 is 57.6 Å². The monoisotopic (exact) mass is 606 g/mol. The maximum Gasteiger partial charge on any atom is 0.282 e. The van der Waals surface area contributed by atoms with Crippen molar-refractivity contribution < 1.29 is 36.3 Å². The van der Waals surface area contributed by atoms with Crippen LogP contribution in [0.2, 0.25) is 0 Å². The van der Waals surface area contributed by atoms with E-state index in [9.17, 15) is 31.6 Å². The van der Waals surface area contributed by atoms with Gasteiger partial charge in [0.1, 0.15) is 5.01 Å². The number of nitrogens with one attached hydrogen (secondary N) is 2. The lowest BCUT2D eigenvalue weighted by Crippen LogP contribution is -2.58. The van der Waals surface area contributed by atoms with Crippen LogP contribution in [0.3, 0.4) is 0 Å². The summed E-state index contributed by atoms with van der Waals surface area (Å²) in [5.41, 5.74) is 2.29. The minimum atomic E-state index is -4.03. The molecule has 2 heterocycles. The van der Waals surface area contributed by atoms with E-state index in [1.807, 2.05) is 0 Å². The highest BCUT2D eigenvalue weighted by Gasteiger charge is 2.46. The first kappa shape index (κ1) is 29.0. The number of thiazole rings is 1. The summed E-state index contributed by atoms with van der Waals surface area (Å²) in [6, 6.07) is 11.9. The van der Waals surface area contributed by atoms with Gasteiger partial charge in [-0.15, -0.1) is 11.3 Å². The third-order valence-corrected chi connectivity index (χ3v) is 9.88. The number of amides is 3. The lowest BCUT2D eigenvalue weighted by Gasteiger charge is -2.38. The van der Waals surface area contributed by atoms with Crippen molar-refractivity contribution in [2.75, 3.05) is 39.1 Å². The average Bonchev–Trinajstić information content (AvgIpc) is 3.64. The molecule has 1 aliphatic carbocycles. The van der Waals surface area contributed by atoms with Crippen molar-refractivity contribution in [3.63, 3.8) is 0 Å². The standard InChI is InChI=1S/C27H28F2N4O6S2/c1-39-10-11-41(37,38)23(24(35)30-13-22(34)31-19-7-8-19)25-32-20-9-6-18(12-21(20)40-25)16-2-4-17(5-3-16)26(36)33-14-27(28,29)15-33/h2-6,9,12,19,23H,7-8,10-11,13-15H2,1H3,(H,30,35)(H,31,34). The van der Waals surface area contributed by atoms with Crippen molar-refractivity contribution in [3.8, 4) is 11.1 Å². The Kier molecular flexibility index (Phi) is 8.08. The molecule has 1 unspecified atom stereocenters. The van der Waals surface area contributed by atoms with Gasteiger partial charge in [-0.2, -0.15) is 0 Å². The first-order valence-electron chi connectivity index (χ1n) is 12.9. The number of halogens is 2. The van der Waals surface area contributed by atoms with Crippen LogP contribution in [0.4, 0.5) is 8.78 Å². The summed E-state index contributed by atoms with van der Waals surface area (Å²) in [4.78, 5) is 43.1. The normalized spacial score (nSPS) is 17.1. The van der Waals surface area contributed by atoms with Crippen molar-refractivity contribution >= 4 is 49.1 Å². The number of rotatable bonds is 11. The number of methoxy groups -OCH3 is 1. The Balaban J connectivity index is 1.36. The molecular weight excluding hydrogens is 578 g/mol. The Labute approximate surface area is 239 Å². The summed E-state index contributed by atoms with van der Waals surface area (Å²) in [5, 5.41) is 3.63. The molecule has 3 amide bonds. The SMILES string of the molecule is COCCS(=O)(=O)C(C(=O)NCC(=O)NC1CC1)c1nc2ccc(-c3ccc(C(=O)N4CC(F)(F)C4)cc3)cc2s1. The van der Waals surface area contributed by atoms with Crippen LogP contribution in [0.15, 0.2) is 42.5 Å². The predicted octanol–water partition coefficient (Wildman–Crippen LogP) is 2.55. The lowest BCUT2D eigenvalue weighted by molar-refractivity contribution is -0.126.